The Kier molecular flexibility index (Phi) is 4.27. The Balaban J connectivity index is 1.73. The first kappa shape index (κ1) is 16.4. The van der Waals surface area contributed by atoms with Crippen molar-refractivity contribution in [2.75, 3.05) is 26.7 Å². The zero-order valence-corrected chi connectivity index (χ0v) is 14.1. The van der Waals surface area contributed by atoms with Crippen molar-refractivity contribution >= 4 is 17.1 Å². The maximum absolute atomic E-state index is 12.4. The van der Waals surface area contributed by atoms with Crippen molar-refractivity contribution in [2.45, 2.75) is 25.8 Å². The maximum Gasteiger partial charge on any atom is 0.329 e. The summed E-state index contributed by atoms with van der Waals surface area (Å²) in [5.74, 6) is 0.616. The highest BCUT2D eigenvalue weighted by Crippen LogP contribution is 2.12. The van der Waals surface area contributed by atoms with E-state index in [0.717, 1.165) is 19.6 Å². The molecule has 1 aliphatic rings. The molecule has 2 aromatic rings. The van der Waals surface area contributed by atoms with Gasteiger partial charge in [-0.15, -0.1) is 0 Å². The minimum Gasteiger partial charge on any atom is -0.337 e. The fraction of sp³-hybridized carbons (Fsp3) is 0.600. The highest BCUT2D eigenvalue weighted by Gasteiger charge is 2.25. The van der Waals surface area contributed by atoms with Gasteiger partial charge in [0, 0.05) is 45.6 Å². The largest absolute Gasteiger partial charge is 0.337 e. The average molecular weight is 334 g/mol. The van der Waals surface area contributed by atoms with Crippen LogP contribution in [0.3, 0.4) is 0 Å². The van der Waals surface area contributed by atoms with Crippen LogP contribution in [-0.4, -0.2) is 67.9 Å². The number of aromatic nitrogens is 4. The van der Waals surface area contributed by atoms with Crippen molar-refractivity contribution < 1.29 is 4.79 Å². The van der Waals surface area contributed by atoms with Crippen LogP contribution in [0.1, 0.15) is 19.2 Å². The Morgan fingerprint density at radius 1 is 1.25 bits per heavy atom. The summed E-state index contributed by atoms with van der Waals surface area (Å²) in [5.41, 5.74) is -0.439. The van der Waals surface area contributed by atoms with E-state index >= 15 is 0 Å². The lowest BCUT2D eigenvalue weighted by molar-refractivity contribution is -0.135. The molecule has 130 valence electrons. The number of rotatable bonds is 3. The van der Waals surface area contributed by atoms with Gasteiger partial charge in [-0.05, 0) is 14.0 Å². The van der Waals surface area contributed by atoms with Gasteiger partial charge in [-0.2, -0.15) is 0 Å². The van der Waals surface area contributed by atoms with E-state index in [9.17, 15) is 14.4 Å². The fourth-order valence-electron chi connectivity index (χ4n) is 3.15. The van der Waals surface area contributed by atoms with Gasteiger partial charge in [0.25, 0.3) is 5.56 Å². The smallest absolute Gasteiger partial charge is 0.329 e. The van der Waals surface area contributed by atoms with E-state index in [1.807, 2.05) is 11.8 Å². The first-order chi connectivity index (χ1) is 11.4. The molecule has 1 atom stereocenters. The molecular weight excluding hydrogens is 312 g/mol. The van der Waals surface area contributed by atoms with Crippen LogP contribution in [0.25, 0.3) is 11.2 Å². The van der Waals surface area contributed by atoms with Crippen LogP contribution < -0.4 is 11.2 Å². The highest BCUT2D eigenvalue weighted by molar-refractivity contribution is 5.77. The van der Waals surface area contributed by atoms with Crippen molar-refractivity contribution in [2.24, 2.45) is 7.05 Å². The molecule has 0 saturated carbocycles. The van der Waals surface area contributed by atoms with E-state index < -0.39 is 11.2 Å². The van der Waals surface area contributed by atoms with Crippen molar-refractivity contribution in [3.8, 4) is 0 Å². The average Bonchev–Trinajstić information content (AvgIpc) is 2.95. The third-order valence-corrected chi connectivity index (χ3v) is 4.53. The van der Waals surface area contributed by atoms with Gasteiger partial charge in [0.05, 0.1) is 0 Å². The minimum atomic E-state index is -0.507. The molecule has 0 radical (unpaired) electrons. The summed E-state index contributed by atoms with van der Waals surface area (Å²) in [5, 5.41) is 0. The van der Waals surface area contributed by atoms with E-state index in [-0.39, 0.29) is 17.5 Å². The number of imidazole rings is 1. The fourth-order valence-corrected chi connectivity index (χ4v) is 3.15. The first-order valence-corrected chi connectivity index (χ1v) is 8.02. The molecule has 9 heteroatoms. The van der Waals surface area contributed by atoms with E-state index in [4.69, 9.17) is 0 Å². The normalized spacial score (nSPS) is 19.1. The molecule has 1 amide bonds. The molecule has 0 aliphatic carbocycles. The molecule has 1 fully saturated rings. The Morgan fingerprint density at radius 3 is 2.71 bits per heavy atom. The van der Waals surface area contributed by atoms with Crippen LogP contribution in [0.5, 0.6) is 0 Å². The van der Waals surface area contributed by atoms with Crippen molar-refractivity contribution in [3.63, 3.8) is 0 Å². The van der Waals surface area contributed by atoms with Gasteiger partial charge in [0.1, 0.15) is 11.3 Å². The van der Waals surface area contributed by atoms with E-state index in [2.05, 4.69) is 26.9 Å². The number of carbonyl (C=O) groups excluding carboxylic acids is 1. The molecule has 0 spiro atoms. The third kappa shape index (κ3) is 2.99. The number of likely N-dealkylation sites (N-methyl/N-ethyl adjacent to an activating group) is 1. The number of hydrogen-bond acceptors (Lipinski definition) is 5. The van der Waals surface area contributed by atoms with Crippen LogP contribution in [0.15, 0.2) is 9.59 Å². The second kappa shape index (κ2) is 6.23. The molecular formula is C15H22N6O3. The Hall–Kier alpha value is -2.42. The SMILES string of the molecule is CC1CN(C)CCN1C(=O)CCc1nc2c([nH]1)c(=O)[nH]c(=O)n2C. The van der Waals surface area contributed by atoms with Crippen LogP contribution in [0.4, 0.5) is 0 Å². The number of fused-ring (bicyclic) bond motifs is 1. The molecule has 0 bridgehead atoms. The van der Waals surface area contributed by atoms with Gasteiger partial charge in [-0.25, -0.2) is 9.78 Å². The van der Waals surface area contributed by atoms with Crippen LogP contribution in [0, 0.1) is 0 Å². The van der Waals surface area contributed by atoms with Crippen molar-refractivity contribution in [3.05, 3.63) is 26.7 Å². The molecule has 2 N–H and O–H groups in total. The van der Waals surface area contributed by atoms with E-state index in [1.54, 1.807) is 7.05 Å². The summed E-state index contributed by atoms with van der Waals surface area (Å²) in [7, 11) is 3.59. The Bertz CT molecular complexity index is 879. The van der Waals surface area contributed by atoms with Gasteiger partial charge >= 0.3 is 5.69 Å². The number of piperazine rings is 1. The molecule has 9 nitrogen and oxygen atoms in total. The summed E-state index contributed by atoms with van der Waals surface area (Å²) in [6.07, 6.45) is 0.722. The molecule has 2 aromatic heterocycles. The summed E-state index contributed by atoms with van der Waals surface area (Å²) in [4.78, 5) is 49.4. The standard InChI is InChI=1S/C15H22N6O3/c1-9-8-19(2)6-7-21(9)11(22)5-4-10-16-12-13(17-10)20(3)15(24)18-14(12)23/h9H,4-8H2,1-3H3,(H,16,17)(H,18,23,24). The predicted octanol–water partition coefficient (Wildman–Crippen LogP) is -0.955. The number of amides is 1. The molecule has 1 aliphatic heterocycles. The van der Waals surface area contributed by atoms with Gasteiger partial charge in [0.15, 0.2) is 5.65 Å². The number of carbonyl (C=O) groups is 1. The second-order valence-corrected chi connectivity index (χ2v) is 6.40. The lowest BCUT2D eigenvalue weighted by atomic mass is 10.1. The topological polar surface area (TPSA) is 107 Å². The van der Waals surface area contributed by atoms with Crippen molar-refractivity contribution in [1.82, 2.24) is 29.3 Å². The summed E-state index contributed by atoms with van der Waals surface area (Å²) >= 11 is 0. The van der Waals surface area contributed by atoms with Crippen LogP contribution in [0.2, 0.25) is 0 Å². The molecule has 3 rings (SSSR count). The third-order valence-electron chi connectivity index (χ3n) is 4.53. The Labute approximate surface area is 138 Å². The zero-order valence-electron chi connectivity index (χ0n) is 14.1. The number of nitrogens with zero attached hydrogens (tertiary/aromatic N) is 4. The number of aryl methyl sites for hydroxylation is 2. The minimum absolute atomic E-state index is 0.0823. The lowest BCUT2D eigenvalue weighted by Crippen LogP contribution is -2.52. The first-order valence-electron chi connectivity index (χ1n) is 8.02. The maximum atomic E-state index is 12.4. The number of H-pyrrole nitrogens is 2. The van der Waals surface area contributed by atoms with E-state index in [0.29, 0.717) is 24.3 Å². The zero-order chi connectivity index (χ0) is 17.4. The second-order valence-electron chi connectivity index (χ2n) is 6.40. The summed E-state index contributed by atoms with van der Waals surface area (Å²) in [6, 6.07) is 0.190. The predicted molar refractivity (Wildman–Crippen MR) is 88.9 cm³/mol. The Morgan fingerprint density at radius 2 is 2.00 bits per heavy atom. The highest BCUT2D eigenvalue weighted by atomic mass is 16.2. The molecule has 3 heterocycles. The van der Waals surface area contributed by atoms with Gasteiger partial charge in [0.2, 0.25) is 5.91 Å². The van der Waals surface area contributed by atoms with E-state index in [1.165, 1.54) is 4.57 Å². The molecule has 1 unspecified atom stereocenters. The number of aromatic amines is 2. The van der Waals surface area contributed by atoms with Crippen LogP contribution in [-0.2, 0) is 18.3 Å². The van der Waals surface area contributed by atoms with Crippen LogP contribution >= 0.6 is 0 Å². The molecule has 0 aromatic carbocycles. The number of hydrogen-bond donors (Lipinski definition) is 2. The monoisotopic (exact) mass is 334 g/mol. The number of nitrogens with one attached hydrogen (secondary N) is 2. The molecule has 24 heavy (non-hydrogen) atoms. The quantitative estimate of drug-likeness (QED) is 0.752. The molecule has 1 saturated heterocycles. The van der Waals surface area contributed by atoms with Gasteiger partial charge < -0.3 is 14.8 Å². The van der Waals surface area contributed by atoms with Gasteiger partial charge in [-0.3, -0.25) is 19.1 Å². The summed E-state index contributed by atoms with van der Waals surface area (Å²) in [6.45, 7) is 4.51. The van der Waals surface area contributed by atoms with Crippen molar-refractivity contribution in [1.29, 1.82) is 0 Å². The van der Waals surface area contributed by atoms with Gasteiger partial charge in [-0.1, -0.05) is 0 Å². The lowest BCUT2D eigenvalue weighted by Gasteiger charge is -2.38. The summed E-state index contributed by atoms with van der Waals surface area (Å²) < 4.78 is 1.28.